The second-order valence-electron chi connectivity index (χ2n) is 5.58. The molecule has 1 aromatic carbocycles. The molecule has 22 heavy (non-hydrogen) atoms. The van der Waals surface area contributed by atoms with Crippen molar-refractivity contribution in [2.75, 3.05) is 7.05 Å². The molecular weight excluding hydrogens is 294 g/mol. The van der Waals surface area contributed by atoms with Gasteiger partial charge < -0.3 is 10.3 Å². The Labute approximate surface area is 136 Å². The van der Waals surface area contributed by atoms with Gasteiger partial charge >= 0.3 is 0 Å². The second-order valence-corrected chi connectivity index (χ2v) is 5.97. The lowest BCUT2D eigenvalue weighted by Gasteiger charge is -2.22. The monoisotopic (exact) mass is 315 g/mol. The third kappa shape index (κ3) is 3.61. The number of hydrogen-bond acceptors (Lipinski definition) is 3. The number of carbonyl (C=O) groups is 1. The topological polar surface area (TPSA) is 51.3 Å². The summed E-state index contributed by atoms with van der Waals surface area (Å²) in [6, 6.07) is 12.2. The summed E-state index contributed by atoms with van der Waals surface area (Å²) in [7, 11) is 2.03. The van der Waals surface area contributed by atoms with Crippen LogP contribution < -0.4 is 5.73 Å². The number of rotatable bonds is 5. The van der Waals surface area contributed by atoms with Crippen molar-refractivity contribution in [1.29, 1.82) is 0 Å². The number of hydrogen-bond donors (Lipinski definition) is 1. The van der Waals surface area contributed by atoms with Crippen molar-refractivity contribution in [3.63, 3.8) is 0 Å². The Hall–Kier alpha value is -1.98. The second kappa shape index (κ2) is 6.85. The number of pyridine rings is 1. The fourth-order valence-electron chi connectivity index (χ4n) is 2.59. The van der Waals surface area contributed by atoms with Crippen molar-refractivity contribution >= 4 is 18.1 Å². The molecular formula is C17H21N3OS. The van der Waals surface area contributed by atoms with Gasteiger partial charge in [-0.3, -0.25) is 9.69 Å². The minimum atomic E-state index is -0.470. The Kier molecular flexibility index (Phi) is 5.11. The summed E-state index contributed by atoms with van der Waals surface area (Å²) in [5.74, 6) is -0.470. The van der Waals surface area contributed by atoms with Crippen molar-refractivity contribution in [2.24, 2.45) is 5.73 Å². The largest absolute Gasteiger partial charge is 0.365 e. The number of aromatic nitrogens is 1. The molecule has 0 bridgehead atoms. The number of carbonyl (C=O) groups excluding carboxylic acids is 1. The molecule has 2 aromatic rings. The van der Waals surface area contributed by atoms with Gasteiger partial charge in [-0.05, 0) is 38.1 Å². The van der Waals surface area contributed by atoms with E-state index >= 15 is 0 Å². The molecule has 0 atom stereocenters. The third-order valence-electron chi connectivity index (χ3n) is 3.63. The van der Waals surface area contributed by atoms with E-state index in [1.54, 1.807) is 0 Å². The van der Waals surface area contributed by atoms with E-state index in [0.29, 0.717) is 16.9 Å². The molecule has 2 N–H and O–H groups in total. The SMILES string of the molecule is Cc1cc(C)n(CN(C)Cc2ccccc2)c(=S)c1C(N)=O. The van der Waals surface area contributed by atoms with Crippen LogP contribution in [0.5, 0.6) is 0 Å². The normalized spacial score (nSPS) is 10.9. The van der Waals surface area contributed by atoms with Gasteiger partial charge in [-0.15, -0.1) is 0 Å². The molecule has 0 unspecified atom stereocenters. The van der Waals surface area contributed by atoms with Crippen LogP contribution in [0.3, 0.4) is 0 Å². The van der Waals surface area contributed by atoms with Gasteiger partial charge in [0.2, 0.25) is 0 Å². The molecule has 4 nitrogen and oxygen atoms in total. The molecule has 0 saturated carbocycles. The highest BCUT2D eigenvalue weighted by molar-refractivity contribution is 7.71. The van der Waals surface area contributed by atoms with Gasteiger partial charge in [-0.1, -0.05) is 42.5 Å². The van der Waals surface area contributed by atoms with Crippen LogP contribution in [0.15, 0.2) is 36.4 Å². The van der Waals surface area contributed by atoms with Crippen LogP contribution in [-0.4, -0.2) is 22.4 Å². The van der Waals surface area contributed by atoms with Gasteiger partial charge in [0.05, 0.1) is 12.2 Å². The molecule has 116 valence electrons. The van der Waals surface area contributed by atoms with Gasteiger partial charge in [-0.25, -0.2) is 0 Å². The summed E-state index contributed by atoms with van der Waals surface area (Å²) >= 11 is 5.46. The van der Waals surface area contributed by atoms with Gasteiger partial charge in [-0.2, -0.15) is 0 Å². The maximum Gasteiger partial charge on any atom is 0.251 e. The van der Waals surface area contributed by atoms with Crippen LogP contribution in [0.2, 0.25) is 0 Å². The van der Waals surface area contributed by atoms with Crippen LogP contribution >= 0.6 is 12.2 Å². The van der Waals surface area contributed by atoms with E-state index in [1.165, 1.54) is 5.56 Å². The van der Waals surface area contributed by atoms with Crippen molar-refractivity contribution in [2.45, 2.75) is 27.1 Å². The lowest BCUT2D eigenvalue weighted by atomic mass is 10.1. The predicted octanol–water partition coefficient (Wildman–Crippen LogP) is 3.02. The Balaban J connectivity index is 2.28. The smallest absolute Gasteiger partial charge is 0.251 e. The molecule has 0 radical (unpaired) electrons. The Bertz CT molecular complexity index is 738. The fraction of sp³-hybridized carbons (Fsp3) is 0.294. The lowest BCUT2D eigenvalue weighted by molar-refractivity contribution is 0.0998. The van der Waals surface area contributed by atoms with Gasteiger partial charge in [0.1, 0.15) is 4.64 Å². The van der Waals surface area contributed by atoms with E-state index in [-0.39, 0.29) is 0 Å². The molecule has 0 aliphatic carbocycles. The van der Waals surface area contributed by atoms with E-state index in [1.807, 2.05) is 49.7 Å². The van der Waals surface area contributed by atoms with Crippen molar-refractivity contribution < 1.29 is 4.79 Å². The summed E-state index contributed by atoms with van der Waals surface area (Å²) in [6.07, 6.45) is 0. The fourth-order valence-corrected chi connectivity index (χ4v) is 3.05. The van der Waals surface area contributed by atoms with Crippen molar-refractivity contribution in [3.05, 3.63) is 63.4 Å². The Morgan fingerprint density at radius 1 is 1.27 bits per heavy atom. The molecule has 0 fully saturated rings. The highest BCUT2D eigenvalue weighted by Crippen LogP contribution is 2.15. The number of benzene rings is 1. The van der Waals surface area contributed by atoms with E-state index in [4.69, 9.17) is 18.0 Å². The maximum atomic E-state index is 11.6. The first kappa shape index (κ1) is 16.4. The highest BCUT2D eigenvalue weighted by atomic mass is 32.1. The summed E-state index contributed by atoms with van der Waals surface area (Å²) in [6.45, 7) is 5.27. The average molecular weight is 315 g/mol. The molecule has 1 amide bonds. The first-order chi connectivity index (χ1) is 10.4. The zero-order chi connectivity index (χ0) is 16.3. The number of nitrogens with zero attached hydrogens (tertiary/aromatic N) is 2. The number of amides is 1. The van der Waals surface area contributed by atoms with Crippen molar-refractivity contribution in [1.82, 2.24) is 9.47 Å². The number of primary amides is 1. The van der Waals surface area contributed by atoms with E-state index in [2.05, 4.69) is 17.0 Å². The highest BCUT2D eigenvalue weighted by Gasteiger charge is 2.13. The predicted molar refractivity (Wildman–Crippen MR) is 91.2 cm³/mol. The maximum absolute atomic E-state index is 11.6. The molecule has 1 aromatic heterocycles. The minimum absolute atomic E-state index is 0.439. The van der Waals surface area contributed by atoms with Gasteiger partial charge in [0, 0.05) is 12.2 Å². The van der Waals surface area contributed by atoms with Crippen LogP contribution in [0.25, 0.3) is 0 Å². The van der Waals surface area contributed by atoms with Crippen LogP contribution in [0, 0.1) is 18.5 Å². The summed E-state index contributed by atoms with van der Waals surface area (Å²) in [5, 5.41) is 0. The van der Waals surface area contributed by atoms with E-state index in [9.17, 15) is 4.79 Å². The lowest BCUT2D eigenvalue weighted by Crippen LogP contribution is -2.25. The zero-order valence-corrected chi connectivity index (χ0v) is 14.0. The summed E-state index contributed by atoms with van der Waals surface area (Å²) in [5.41, 5.74) is 8.98. The molecule has 0 spiro atoms. The first-order valence-corrected chi connectivity index (χ1v) is 7.54. The summed E-state index contributed by atoms with van der Waals surface area (Å²) in [4.78, 5) is 13.8. The quantitative estimate of drug-likeness (QED) is 0.863. The zero-order valence-electron chi connectivity index (χ0n) is 13.2. The Morgan fingerprint density at radius 2 is 1.91 bits per heavy atom. The van der Waals surface area contributed by atoms with Gasteiger partial charge in [0.15, 0.2) is 0 Å². The molecule has 1 heterocycles. The first-order valence-electron chi connectivity index (χ1n) is 7.13. The molecule has 0 saturated heterocycles. The van der Waals surface area contributed by atoms with Crippen LogP contribution in [0.1, 0.15) is 27.2 Å². The molecule has 0 aliphatic rings. The molecule has 5 heteroatoms. The van der Waals surface area contributed by atoms with Crippen LogP contribution in [-0.2, 0) is 13.2 Å². The van der Waals surface area contributed by atoms with Crippen LogP contribution in [0.4, 0.5) is 0 Å². The van der Waals surface area contributed by atoms with E-state index in [0.717, 1.165) is 17.8 Å². The minimum Gasteiger partial charge on any atom is -0.365 e. The Morgan fingerprint density at radius 3 is 2.50 bits per heavy atom. The summed E-state index contributed by atoms with van der Waals surface area (Å²) < 4.78 is 2.45. The molecule has 2 rings (SSSR count). The van der Waals surface area contributed by atoms with E-state index < -0.39 is 5.91 Å². The standard InChI is InChI=1S/C17H21N3OS/c1-12-9-13(2)20(17(22)15(12)16(18)21)11-19(3)10-14-7-5-4-6-8-14/h4-9H,10-11H2,1-3H3,(H2,18,21). The third-order valence-corrected chi connectivity index (χ3v) is 4.05. The number of aryl methyl sites for hydroxylation is 2. The average Bonchev–Trinajstić information content (AvgIpc) is 2.44. The van der Waals surface area contributed by atoms with Gasteiger partial charge in [0.25, 0.3) is 5.91 Å². The number of nitrogens with two attached hydrogens (primary N) is 1. The molecule has 0 aliphatic heterocycles. The van der Waals surface area contributed by atoms with Crippen molar-refractivity contribution in [3.8, 4) is 0 Å².